The Hall–Kier alpha value is -4.10. The molecular formula is C29H32N4O3. The topological polar surface area (TPSA) is 104 Å². The van der Waals surface area contributed by atoms with Crippen molar-refractivity contribution in [3.8, 4) is 11.6 Å². The summed E-state index contributed by atoms with van der Waals surface area (Å²) in [4.78, 5) is 22.7. The second-order valence-electron chi connectivity index (χ2n) is 8.58. The van der Waals surface area contributed by atoms with Crippen LogP contribution >= 0.6 is 0 Å². The number of fused-ring (bicyclic) bond motifs is 1. The van der Waals surface area contributed by atoms with Crippen molar-refractivity contribution in [3.05, 3.63) is 83.4 Å². The summed E-state index contributed by atoms with van der Waals surface area (Å²) >= 11 is 0. The van der Waals surface area contributed by atoms with E-state index in [1.54, 1.807) is 42.6 Å². The Balaban J connectivity index is 1.42. The zero-order valence-electron chi connectivity index (χ0n) is 20.7. The average Bonchev–Trinajstić information content (AvgIpc) is 3.21. The Morgan fingerprint density at radius 1 is 1.06 bits per heavy atom. The van der Waals surface area contributed by atoms with Crippen molar-refractivity contribution in [1.29, 1.82) is 0 Å². The summed E-state index contributed by atoms with van der Waals surface area (Å²) < 4.78 is 5.84. The number of nitrogen functional groups attached to an aromatic ring is 1. The highest BCUT2D eigenvalue weighted by molar-refractivity contribution is 6.12. The van der Waals surface area contributed by atoms with Crippen LogP contribution < -0.4 is 10.5 Å². The minimum atomic E-state index is -0.135. The molecule has 0 saturated heterocycles. The molecular weight excluding hydrogens is 452 g/mol. The summed E-state index contributed by atoms with van der Waals surface area (Å²) in [6.45, 7) is 8.14. The van der Waals surface area contributed by atoms with E-state index in [-0.39, 0.29) is 11.7 Å². The lowest BCUT2D eigenvalue weighted by Gasteiger charge is -2.17. The van der Waals surface area contributed by atoms with E-state index in [9.17, 15) is 9.90 Å². The van der Waals surface area contributed by atoms with Gasteiger partial charge in [-0.05, 0) is 62.0 Å². The van der Waals surface area contributed by atoms with E-state index in [4.69, 9.17) is 10.5 Å². The fraction of sp³-hybridized carbons (Fsp3) is 0.241. The summed E-state index contributed by atoms with van der Waals surface area (Å²) in [6.07, 6.45) is 2.60. The predicted octanol–water partition coefficient (Wildman–Crippen LogP) is 5.55. The molecule has 36 heavy (non-hydrogen) atoms. The fourth-order valence-electron chi connectivity index (χ4n) is 4.11. The standard InChI is InChI=1S/C29H32N4O3/c1-3-33(4-2)15-6-16-36-24-12-10-23(11-13-24)31-19-26-25-14-9-21(18-27(25)32-29(26)35)28(34)20-7-5-8-22(30)17-20/h5,7-14,17-19,32,35H,3-4,6,15-16,30H2,1-2H3. The number of aromatic hydroxyl groups is 1. The smallest absolute Gasteiger partial charge is 0.198 e. The average molecular weight is 485 g/mol. The minimum Gasteiger partial charge on any atom is -0.494 e. The molecule has 0 fully saturated rings. The van der Waals surface area contributed by atoms with Gasteiger partial charge < -0.3 is 25.5 Å². The quantitative estimate of drug-likeness (QED) is 0.112. The molecule has 4 rings (SSSR count). The second kappa shape index (κ2) is 11.6. The minimum absolute atomic E-state index is 0.00420. The third-order valence-electron chi connectivity index (χ3n) is 6.19. The van der Waals surface area contributed by atoms with Crippen molar-refractivity contribution in [3.63, 3.8) is 0 Å². The highest BCUT2D eigenvalue weighted by Gasteiger charge is 2.14. The number of aromatic amines is 1. The van der Waals surface area contributed by atoms with Gasteiger partial charge in [0.1, 0.15) is 5.75 Å². The number of aromatic nitrogens is 1. The first kappa shape index (κ1) is 25.0. The summed E-state index contributed by atoms with van der Waals surface area (Å²) in [6, 6.07) is 19.7. The Labute approximate surface area is 211 Å². The lowest BCUT2D eigenvalue weighted by Crippen LogP contribution is -2.25. The lowest BCUT2D eigenvalue weighted by atomic mass is 10.0. The molecule has 186 valence electrons. The number of benzene rings is 3. The maximum Gasteiger partial charge on any atom is 0.198 e. The van der Waals surface area contributed by atoms with Crippen LogP contribution in [0.3, 0.4) is 0 Å². The lowest BCUT2D eigenvalue weighted by molar-refractivity contribution is 0.103. The molecule has 1 heterocycles. The van der Waals surface area contributed by atoms with Gasteiger partial charge in [0.2, 0.25) is 0 Å². The number of carbonyl (C=O) groups is 1. The Morgan fingerprint density at radius 2 is 1.81 bits per heavy atom. The molecule has 4 N–H and O–H groups in total. The van der Waals surface area contributed by atoms with Crippen LogP contribution in [0.2, 0.25) is 0 Å². The normalized spacial score (nSPS) is 11.5. The van der Waals surface area contributed by atoms with E-state index in [1.807, 2.05) is 30.3 Å². The highest BCUT2D eigenvalue weighted by Crippen LogP contribution is 2.28. The summed E-state index contributed by atoms with van der Waals surface area (Å²) in [5.74, 6) is 0.667. The monoisotopic (exact) mass is 484 g/mol. The van der Waals surface area contributed by atoms with Crippen molar-refractivity contribution in [2.75, 3.05) is 32.0 Å². The van der Waals surface area contributed by atoms with Crippen LogP contribution in [0, 0.1) is 0 Å². The highest BCUT2D eigenvalue weighted by atomic mass is 16.5. The van der Waals surface area contributed by atoms with Gasteiger partial charge in [-0.1, -0.05) is 38.1 Å². The molecule has 7 heteroatoms. The molecule has 0 unspecified atom stereocenters. The number of aliphatic imine (C=N–C) groups is 1. The summed E-state index contributed by atoms with van der Waals surface area (Å²) in [7, 11) is 0. The van der Waals surface area contributed by atoms with Crippen LogP contribution in [0.5, 0.6) is 11.6 Å². The van der Waals surface area contributed by atoms with Crippen LogP contribution in [0.25, 0.3) is 10.9 Å². The zero-order chi connectivity index (χ0) is 25.5. The van der Waals surface area contributed by atoms with Crippen molar-refractivity contribution in [2.45, 2.75) is 20.3 Å². The van der Waals surface area contributed by atoms with Gasteiger partial charge in [-0.25, -0.2) is 0 Å². The van der Waals surface area contributed by atoms with Gasteiger partial charge in [0, 0.05) is 40.5 Å². The van der Waals surface area contributed by atoms with Gasteiger partial charge >= 0.3 is 0 Å². The van der Waals surface area contributed by atoms with Crippen LogP contribution in [0.1, 0.15) is 41.8 Å². The van der Waals surface area contributed by atoms with Crippen molar-refractivity contribution in [2.24, 2.45) is 4.99 Å². The molecule has 7 nitrogen and oxygen atoms in total. The van der Waals surface area contributed by atoms with Gasteiger partial charge in [0.05, 0.1) is 17.9 Å². The van der Waals surface area contributed by atoms with Gasteiger partial charge in [-0.15, -0.1) is 0 Å². The second-order valence-corrected chi connectivity index (χ2v) is 8.58. The Morgan fingerprint density at radius 3 is 2.53 bits per heavy atom. The van der Waals surface area contributed by atoms with Crippen LogP contribution in [-0.4, -0.2) is 53.2 Å². The summed E-state index contributed by atoms with van der Waals surface area (Å²) in [5, 5.41) is 11.2. The summed E-state index contributed by atoms with van der Waals surface area (Å²) in [5.41, 5.74) is 9.32. The van der Waals surface area contributed by atoms with E-state index < -0.39 is 0 Å². The number of nitrogens with zero attached hydrogens (tertiary/aromatic N) is 2. The van der Waals surface area contributed by atoms with Crippen molar-refractivity contribution in [1.82, 2.24) is 9.88 Å². The van der Waals surface area contributed by atoms with E-state index >= 15 is 0 Å². The molecule has 0 bridgehead atoms. The van der Waals surface area contributed by atoms with Crippen molar-refractivity contribution < 1.29 is 14.6 Å². The number of nitrogens with two attached hydrogens (primary N) is 1. The van der Waals surface area contributed by atoms with Gasteiger partial charge in [-0.2, -0.15) is 0 Å². The number of anilines is 1. The number of hydrogen-bond acceptors (Lipinski definition) is 6. The Bertz CT molecular complexity index is 1350. The molecule has 3 aromatic carbocycles. The van der Waals surface area contributed by atoms with Gasteiger partial charge in [0.25, 0.3) is 0 Å². The van der Waals surface area contributed by atoms with Crippen molar-refractivity contribution >= 4 is 34.3 Å². The van der Waals surface area contributed by atoms with Crippen LogP contribution in [0.4, 0.5) is 11.4 Å². The van der Waals surface area contributed by atoms with Crippen LogP contribution in [0.15, 0.2) is 71.7 Å². The number of nitrogens with one attached hydrogen (secondary N) is 1. The first-order chi connectivity index (χ1) is 17.5. The molecule has 0 aliphatic heterocycles. The number of ketones is 1. The predicted molar refractivity (Wildman–Crippen MR) is 146 cm³/mol. The number of H-pyrrole nitrogens is 1. The van der Waals surface area contributed by atoms with Crippen LogP contribution in [-0.2, 0) is 0 Å². The SMILES string of the molecule is CCN(CC)CCCOc1ccc(N=Cc2c(O)[nH]c3cc(C(=O)c4cccc(N)c4)ccc23)cc1. The molecule has 0 saturated carbocycles. The number of carbonyl (C=O) groups excluding carboxylic acids is 1. The first-order valence-corrected chi connectivity index (χ1v) is 12.2. The van der Waals surface area contributed by atoms with E-state index in [2.05, 4.69) is 28.7 Å². The van der Waals surface area contributed by atoms with Gasteiger partial charge in [0.15, 0.2) is 11.7 Å². The largest absolute Gasteiger partial charge is 0.494 e. The fourth-order valence-corrected chi connectivity index (χ4v) is 4.11. The maximum atomic E-state index is 12.8. The van der Waals surface area contributed by atoms with E-state index in [1.165, 1.54) is 0 Å². The molecule has 0 atom stereocenters. The number of hydrogen-bond donors (Lipinski definition) is 3. The molecule has 0 radical (unpaired) electrons. The number of rotatable bonds is 11. The third kappa shape index (κ3) is 5.93. The molecule has 0 aliphatic rings. The molecule has 4 aromatic rings. The molecule has 0 spiro atoms. The van der Waals surface area contributed by atoms with E-state index in [0.29, 0.717) is 34.5 Å². The molecule has 1 aromatic heterocycles. The van der Waals surface area contributed by atoms with E-state index in [0.717, 1.165) is 42.9 Å². The number of ether oxygens (including phenoxy) is 1. The van der Waals surface area contributed by atoms with Gasteiger partial charge in [-0.3, -0.25) is 9.79 Å². The molecule has 0 aliphatic carbocycles. The zero-order valence-corrected chi connectivity index (χ0v) is 20.7. The maximum absolute atomic E-state index is 12.8. The third-order valence-corrected chi connectivity index (χ3v) is 6.19. The molecule has 0 amide bonds. The Kier molecular flexibility index (Phi) is 8.02. The first-order valence-electron chi connectivity index (χ1n) is 12.2.